The zero-order valence-electron chi connectivity index (χ0n) is 11.0. The Morgan fingerprint density at radius 2 is 2.00 bits per heavy atom. The highest BCUT2D eigenvalue weighted by atomic mass is 16.5. The summed E-state index contributed by atoms with van der Waals surface area (Å²) in [7, 11) is 1.32. The molecule has 2 rings (SSSR count). The number of methoxy groups -OCH3 is 1. The second-order valence-electron chi connectivity index (χ2n) is 4.23. The third-order valence-electron chi connectivity index (χ3n) is 2.89. The maximum Gasteiger partial charge on any atom is 0.307 e. The Labute approximate surface area is 116 Å². The van der Waals surface area contributed by atoms with E-state index in [0.29, 0.717) is 5.56 Å². The van der Waals surface area contributed by atoms with Gasteiger partial charge in [-0.1, -0.05) is 30.3 Å². The molecule has 0 fully saturated rings. The minimum absolute atomic E-state index is 0.0735. The molecule has 1 N–H and O–H groups in total. The van der Waals surface area contributed by atoms with Gasteiger partial charge in [-0.3, -0.25) is 9.59 Å². The van der Waals surface area contributed by atoms with Gasteiger partial charge in [-0.05, 0) is 11.6 Å². The molecular weight excluding hydrogens is 258 g/mol. The van der Waals surface area contributed by atoms with Crippen molar-refractivity contribution < 1.29 is 18.7 Å². The molecule has 20 heavy (non-hydrogen) atoms. The van der Waals surface area contributed by atoms with Crippen molar-refractivity contribution >= 4 is 11.9 Å². The molecule has 0 bridgehead atoms. The van der Waals surface area contributed by atoms with Crippen LogP contribution in [0, 0.1) is 0 Å². The Morgan fingerprint density at radius 1 is 1.25 bits per heavy atom. The van der Waals surface area contributed by atoms with E-state index in [2.05, 4.69) is 10.1 Å². The zero-order chi connectivity index (χ0) is 14.4. The normalized spacial score (nSPS) is 11.7. The highest BCUT2D eigenvalue weighted by Crippen LogP contribution is 2.18. The topological polar surface area (TPSA) is 68.5 Å². The number of ether oxygens (including phenoxy) is 1. The molecule has 0 saturated carbocycles. The number of carbonyl (C=O) groups excluding carboxylic acids is 2. The van der Waals surface area contributed by atoms with Gasteiger partial charge in [-0.15, -0.1) is 0 Å². The molecule has 1 atom stereocenters. The molecule has 104 valence electrons. The minimum Gasteiger partial charge on any atom is -0.472 e. The van der Waals surface area contributed by atoms with Crippen molar-refractivity contribution in [3.8, 4) is 0 Å². The second-order valence-corrected chi connectivity index (χ2v) is 4.23. The SMILES string of the molecule is COC(=O)CC(NC(=O)c1ccoc1)c1ccccc1. The Kier molecular flexibility index (Phi) is 4.55. The largest absolute Gasteiger partial charge is 0.472 e. The van der Waals surface area contributed by atoms with E-state index < -0.39 is 6.04 Å². The van der Waals surface area contributed by atoms with Crippen LogP contribution in [-0.4, -0.2) is 19.0 Å². The molecule has 5 nitrogen and oxygen atoms in total. The number of esters is 1. The Morgan fingerprint density at radius 3 is 2.60 bits per heavy atom. The van der Waals surface area contributed by atoms with E-state index in [-0.39, 0.29) is 18.3 Å². The van der Waals surface area contributed by atoms with E-state index in [1.165, 1.54) is 19.6 Å². The first-order chi connectivity index (χ1) is 9.70. The molecule has 1 amide bonds. The summed E-state index contributed by atoms with van der Waals surface area (Å²) in [5.74, 6) is -0.678. The van der Waals surface area contributed by atoms with Crippen LogP contribution in [0.15, 0.2) is 53.3 Å². The van der Waals surface area contributed by atoms with Gasteiger partial charge in [0.1, 0.15) is 6.26 Å². The van der Waals surface area contributed by atoms with Gasteiger partial charge in [0.15, 0.2) is 0 Å². The lowest BCUT2D eigenvalue weighted by Gasteiger charge is -2.17. The van der Waals surface area contributed by atoms with E-state index in [0.717, 1.165) is 5.56 Å². The van der Waals surface area contributed by atoms with E-state index in [1.54, 1.807) is 6.07 Å². The van der Waals surface area contributed by atoms with Crippen molar-refractivity contribution in [3.63, 3.8) is 0 Å². The monoisotopic (exact) mass is 273 g/mol. The average Bonchev–Trinajstić information content (AvgIpc) is 3.01. The predicted octanol–water partition coefficient (Wildman–Crippen LogP) is 2.31. The van der Waals surface area contributed by atoms with E-state index >= 15 is 0 Å². The van der Waals surface area contributed by atoms with Gasteiger partial charge in [0, 0.05) is 0 Å². The van der Waals surface area contributed by atoms with E-state index in [9.17, 15) is 9.59 Å². The number of carbonyl (C=O) groups is 2. The van der Waals surface area contributed by atoms with Crippen LogP contribution in [0.2, 0.25) is 0 Å². The highest BCUT2D eigenvalue weighted by molar-refractivity contribution is 5.94. The molecular formula is C15H15NO4. The number of benzene rings is 1. The van der Waals surface area contributed by atoms with Crippen LogP contribution in [0.4, 0.5) is 0 Å². The number of hydrogen-bond acceptors (Lipinski definition) is 4. The fourth-order valence-electron chi connectivity index (χ4n) is 1.82. The fourth-order valence-corrected chi connectivity index (χ4v) is 1.82. The van der Waals surface area contributed by atoms with Gasteiger partial charge in [0.25, 0.3) is 5.91 Å². The van der Waals surface area contributed by atoms with Crippen molar-refractivity contribution in [1.29, 1.82) is 0 Å². The van der Waals surface area contributed by atoms with Crippen LogP contribution in [0.25, 0.3) is 0 Å². The Hall–Kier alpha value is -2.56. The number of hydrogen-bond donors (Lipinski definition) is 1. The van der Waals surface area contributed by atoms with Gasteiger partial charge in [0.05, 0.1) is 31.4 Å². The molecule has 1 aromatic carbocycles. The summed E-state index contributed by atoms with van der Waals surface area (Å²) >= 11 is 0. The Bertz CT molecular complexity index is 563. The van der Waals surface area contributed by atoms with Crippen molar-refractivity contribution in [3.05, 3.63) is 60.1 Å². The quantitative estimate of drug-likeness (QED) is 0.849. The van der Waals surface area contributed by atoms with E-state index in [4.69, 9.17) is 4.42 Å². The van der Waals surface area contributed by atoms with Crippen molar-refractivity contribution in [2.45, 2.75) is 12.5 Å². The third-order valence-corrected chi connectivity index (χ3v) is 2.89. The predicted molar refractivity (Wildman–Crippen MR) is 72.0 cm³/mol. The van der Waals surface area contributed by atoms with Crippen LogP contribution < -0.4 is 5.32 Å². The molecule has 2 aromatic rings. The highest BCUT2D eigenvalue weighted by Gasteiger charge is 2.19. The number of nitrogens with one attached hydrogen (secondary N) is 1. The first-order valence-electron chi connectivity index (χ1n) is 6.15. The Balaban J connectivity index is 2.14. The van der Waals surface area contributed by atoms with Crippen molar-refractivity contribution in [2.24, 2.45) is 0 Å². The van der Waals surface area contributed by atoms with Crippen molar-refractivity contribution in [2.75, 3.05) is 7.11 Å². The lowest BCUT2D eigenvalue weighted by atomic mass is 10.0. The second kappa shape index (κ2) is 6.56. The molecule has 0 aliphatic carbocycles. The summed E-state index contributed by atoms with van der Waals surface area (Å²) in [6, 6.07) is 10.4. The van der Waals surface area contributed by atoms with Gasteiger partial charge >= 0.3 is 5.97 Å². The molecule has 1 heterocycles. The first kappa shape index (κ1) is 13.9. The molecule has 5 heteroatoms. The standard InChI is InChI=1S/C15H15NO4/c1-19-14(17)9-13(11-5-3-2-4-6-11)16-15(18)12-7-8-20-10-12/h2-8,10,13H,9H2,1H3,(H,16,18). The molecule has 0 radical (unpaired) electrons. The van der Waals surface area contributed by atoms with Crippen LogP contribution in [0.3, 0.4) is 0 Å². The smallest absolute Gasteiger partial charge is 0.307 e. The lowest BCUT2D eigenvalue weighted by Crippen LogP contribution is -2.30. The maximum absolute atomic E-state index is 12.0. The van der Waals surface area contributed by atoms with Crippen molar-refractivity contribution in [1.82, 2.24) is 5.32 Å². The summed E-state index contributed by atoms with van der Waals surface area (Å²) in [5, 5.41) is 2.80. The third kappa shape index (κ3) is 3.47. The summed E-state index contributed by atoms with van der Waals surface area (Å²) in [6.07, 6.45) is 2.85. The van der Waals surface area contributed by atoms with Crippen LogP contribution in [-0.2, 0) is 9.53 Å². The van der Waals surface area contributed by atoms with Gasteiger partial charge in [-0.25, -0.2) is 0 Å². The molecule has 1 aromatic heterocycles. The molecule has 0 spiro atoms. The number of rotatable bonds is 5. The van der Waals surface area contributed by atoms with Gasteiger partial charge < -0.3 is 14.5 Å². The summed E-state index contributed by atoms with van der Waals surface area (Å²) in [4.78, 5) is 23.5. The van der Waals surface area contributed by atoms with Gasteiger partial charge in [0.2, 0.25) is 0 Å². The molecule has 0 aliphatic heterocycles. The zero-order valence-corrected chi connectivity index (χ0v) is 11.0. The van der Waals surface area contributed by atoms with Crippen LogP contribution in [0.5, 0.6) is 0 Å². The summed E-state index contributed by atoms with van der Waals surface area (Å²) in [6.45, 7) is 0. The number of furan rings is 1. The summed E-state index contributed by atoms with van der Waals surface area (Å²) < 4.78 is 9.54. The van der Waals surface area contributed by atoms with Gasteiger partial charge in [-0.2, -0.15) is 0 Å². The fraction of sp³-hybridized carbons (Fsp3) is 0.200. The van der Waals surface area contributed by atoms with Crippen LogP contribution >= 0.6 is 0 Å². The molecule has 1 unspecified atom stereocenters. The minimum atomic E-state index is -0.439. The molecule has 0 aliphatic rings. The average molecular weight is 273 g/mol. The number of amides is 1. The van der Waals surface area contributed by atoms with Crippen LogP contribution in [0.1, 0.15) is 28.4 Å². The summed E-state index contributed by atoms with van der Waals surface area (Å²) in [5.41, 5.74) is 1.26. The molecule has 0 saturated heterocycles. The first-order valence-corrected chi connectivity index (χ1v) is 6.15. The maximum atomic E-state index is 12.0. The lowest BCUT2D eigenvalue weighted by molar-refractivity contribution is -0.141. The van der Waals surface area contributed by atoms with E-state index in [1.807, 2.05) is 30.3 Å².